The summed E-state index contributed by atoms with van der Waals surface area (Å²) in [4.78, 5) is 8.15. The van der Waals surface area contributed by atoms with E-state index in [-0.39, 0.29) is 12.4 Å². The molecule has 0 atom stereocenters. The van der Waals surface area contributed by atoms with Crippen molar-refractivity contribution in [2.45, 2.75) is 6.42 Å². The molecule has 72 valence electrons. The number of nitrogens with zero attached hydrogens (tertiary/aromatic N) is 2. The lowest BCUT2D eigenvalue weighted by molar-refractivity contribution is 0.297. The van der Waals surface area contributed by atoms with E-state index in [1.807, 2.05) is 0 Å². The predicted octanol–water partition coefficient (Wildman–Crippen LogP) is 1.30. The summed E-state index contributed by atoms with van der Waals surface area (Å²) >= 11 is 0. The Balaban J connectivity index is 2.52. The van der Waals surface area contributed by atoms with Crippen LogP contribution in [0.3, 0.4) is 0 Å². The van der Waals surface area contributed by atoms with Crippen molar-refractivity contribution in [2.75, 3.05) is 6.61 Å². The van der Waals surface area contributed by atoms with Gasteiger partial charge in [-0.1, -0.05) is 0 Å². The van der Waals surface area contributed by atoms with Gasteiger partial charge < -0.3 is 5.11 Å². The average Bonchev–Trinajstić information content (AvgIpc) is 2.17. The topological polar surface area (TPSA) is 46.0 Å². The Hall–Kier alpha value is -1.55. The van der Waals surface area contributed by atoms with E-state index in [2.05, 4.69) is 9.97 Å². The molecule has 1 aromatic heterocycles. The summed E-state index contributed by atoms with van der Waals surface area (Å²) in [6.45, 7) is 0.000816. The SMILES string of the molecule is OCCc1ncc2ccc(F)cc2n1. The van der Waals surface area contributed by atoms with Crippen molar-refractivity contribution < 1.29 is 9.50 Å². The molecular weight excluding hydrogens is 183 g/mol. The van der Waals surface area contributed by atoms with Crippen LogP contribution in [0.15, 0.2) is 24.4 Å². The van der Waals surface area contributed by atoms with E-state index in [1.165, 1.54) is 12.1 Å². The second-order valence-electron chi connectivity index (χ2n) is 2.96. The summed E-state index contributed by atoms with van der Waals surface area (Å²) in [7, 11) is 0. The number of aromatic nitrogens is 2. The van der Waals surface area contributed by atoms with E-state index < -0.39 is 0 Å². The highest BCUT2D eigenvalue weighted by Gasteiger charge is 2.00. The van der Waals surface area contributed by atoms with E-state index in [1.54, 1.807) is 12.3 Å². The largest absolute Gasteiger partial charge is 0.396 e. The van der Waals surface area contributed by atoms with Crippen molar-refractivity contribution >= 4 is 10.9 Å². The van der Waals surface area contributed by atoms with Crippen LogP contribution in [-0.4, -0.2) is 21.7 Å². The van der Waals surface area contributed by atoms with Crippen molar-refractivity contribution in [2.24, 2.45) is 0 Å². The molecule has 4 heteroatoms. The van der Waals surface area contributed by atoms with Gasteiger partial charge in [0.25, 0.3) is 0 Å². The van der Waals surface area contributed by atoms with Crippen LogP contribution in [0.2, 0.25) is 0 Å². The quantitative estimate of drug-likeness (QED) is 0.780. The summed E-state index contributed by atoms with van der Waals surface area (Å²) < 4.78 is 12.8. The molecule has 0 spiro atoms. The van der Waals surface area contributed by atoms with Gasteiger partial charge in [-0.25, -0.2) is 14.4 Å². The van der Waals surface area contributed by atoms with E-state index in [4.69, 9.17) is 5.11 Å². The average molecular weight is 192 g/mol. The smallest absolute Gasteiger partial charge is 0.131 e. The van der Waals surface area contributed by atoms with Gasteiger partial charge in [0, 0.05) is 24.1 Å². The molecule has 0 aliphatic rings. The molecule has 3 nitrogen and oxygen atoms in total. The highest BCUT2D eigenvalue weighted by Crippen LogP contribution is 2.12. The second-order valence-corrected chi connectivity index (χ2v) is 2.96. The summed E-state index contributed by atoms with van der Waals surface area (Å²) in [6.07, 6.45) is 2.03. The van der Waals surface area contributed by atoms with Gasteiger partial charge in [0.15, 0.2) is 0 Å². The summed E-state index contributed by atoms with van der Waals surface area (Å²) in [5.41, 5.74) is 0.573. The Bertz CT molecular complexity index is 459. The number of benzene rings is 1. The monoisotopic (exact) mass is 192 g/mol. The molecule has 0 radical (unpaired) electrons. The Morgan fingerprint density at radius 2 is 2.21 bits per heavy atom. The zero-order valence-corrected chi connectivity index (χ0v) is 7.44. The van der Waals surface area contributed by atoms with Crippen LogP contribution in [0, 0.1) is 5.82 Å². The molecule has 1 heterocycles. The first-order chi connectivity index (χ1) is 6.79. The number of hydrogen-bond acceptors (Lipinski definition) is 3. The minimum absolute atomic E-state index is 0.000816. The van der Waals surface area contributed by atoms with Crippen LogP contribution in [-0.2, 0) is 6.42 Å². The van der Waals surface area contributed by atoms with Crippen LogP contribution in [0.25, 0.3) is 10.9 Å². The molecule has 2 rings (SSSR count). The van der Waals surface area contributed by atoms with Crippen molar-refractivity contribution in [1.82, 2.24) is 9.97 Å². The standard InChI is InChI=1S/C10H9FN2O/c11-8-2-1-7-6-12-10(3-4-14)13-9(7)5-8/h1-2,5-6,14H,3-4H2. The lowest BCUT2D eigenvalue weighted by atomic mass is 10.2. The highest BCUT2D eigenvalue weighted by atomic mass is 19.1. The first-order valence-electron chi connectivity index (χ1n) is 4.31. The van der Waals surface area contributed by atoms with E-state index in [9.17, 15) is 4.39 Å². The molecule has 1 aromatic carbocycles. The van der Waals surface area contributed by atoms with Crippen molar-refractivity contribution in [3.8, 4) is 0 Å². The van der Waals surface area contributed by atoms with E-state index in [0.29, 0.717) is 17.8 Å². The number of fused-ring (bicyclic) bond motifs is 1. The van der Waals surface area contributed by atoms with Crippen LogP contribution in [0.4, 0.5) is 4.39 Å². The molecule has 0 bridgehead atoms. The molecule has 0 fully saturated rings. The van der Waals surface area contributed by atoms with Crippen LogP contribution in [0.1, 0.15) is 5.82 Å². The van der Waals surface area contributed by atoms with Gasteiger partial charge >= 0.3 is 0 Å². The third-order valence-corrected chi connectivity index (χ3v) is 1.93. The predicted molar refractivity (Wildman–Crippen MR) is 50.3 cm³/mol. The maximum Gasteiger partial charge on any atom is 0.131 e. The Morgan fingerprint density at radius 3 is 3.00 bits per heavy atom. The van der Waals surface area contributed by atoms with Crippen molar-refractivity contribution in [3.63, 3.8) is 0 Å². The van der Waals surface area contributed by atoms with Gasteiger partial charge in [-0.15, -0.1) is 0 Å². The molecule has 2 aromatic rings. The molecule has 1 N–H and O–H groups in total. The van der Waals surface area contributed by atoms with Gasteiger partial charge in [0.05, 0.1) is 12.1 Å². The highest BCUT2D eigenvalue weighted by molar-refractivity contribution is 5.77. The van der Waals surface area contributed by atoms with Crippen LogP contribution < -0.4 is 0 Å². The maximum atomic E-state index is 12.8. The third-order valence-electron chi connectivity index (χ3n) is 1.93. The fourth-order valence-electron chi connectivity index (χ4n) is 1.26. The molecule has 0 saturated carbocycles. The zero-order chi connectivity index (χ0) is 9.97. The van der Waals surface area contributed by atoms with Gasteiger partial charge in [-0.2, -0.15) is 0 Å². The number of hydrogen-bond donors (Lipinski definition) is 1. The maximum absolute atomic E-state index is 12.8. The summed E-state index contributed by atoms with van der Waals surface area (Å²) in [5.74, 6) is 0.219. The molecule has 0 aliphatic heterocycles. The van der Waals surface area contributed by atoms with E-state index >= 15 is 0 Å². The van der Waals surface area contributed by atoms with Crippen molar-refractivity contribution in [3.05, 3.63) is 36.0 Å². The molecule has 0 aliphatic carbocycles. The fraction of sp³-hybridized carbons (Fsp3) is 0.200. The number of rotatable bonds is 2. The van der Waals surface area contributed by atoms with Crippen molar-refractivity contribution in [1.29, 1.82) is 0 Å². The van der Waals surface area contributed by atoms with Crippen LogP contribution >= 0.6 is 0 Å². The van der Waals surface area contributed by atoms with E-state index in [0.717, 1.165) is 5.39 Å². The lowest BCUT2D eigenvalue weighted by Gasteiger charge is -1.99. The first kappa shape index (κ1) is 9.02. The number of aliphatic hydroxyl groups excluding tert-OH is 1. The Morgan fingerprint density at radius 1 is 1.36 bits per heavy atom. The number of aliphatic hydroxyl groups is 1. The second kappa shape index (κ2) is 3.67. The Labute approximate surface area is 80.2 Å². The normalized spacial score (nSPS) is 10.7. The molecule has 0 saturated heterocycles. The Kier molecular flexibility index (Phi) is 2.37. The lowest BCUT2D eigenvalue weighted by Crippen LogP contribution is -1.98. The minimum atomic E-state index is -0.314. The summed E-state index contributed by atoms with van der Waals surface area (Å²) in [6, 6.07) is 4.36. The molecule has 14 heavy (non-hydrogen) atoms. The van der Waals surface area contributed by atoms with Gasteiger partial charge in [-0.05, 0) is 12.1 Å². The number of halogens is 1. The molecular formula is C10H9FN2O. The van der Waals surface area contributed by atoms with Crippen LogP contribution in [0.5, 0.6) is 0 Å². The zero-order valence-electron chi connectivity index (χ0n) is 7.44. The first-order valence-corrected chi connectivity index (χ1v) is 4.31. The molecule has 0 unspecified atom stereocenters. The van der Waals surface area contributed by atoms with Gasteiger partial charge in [0.2, 0.25) is 0 Å². The molecule has 0 amide bonds. The van der Waals surface area contributed by atoms with Gasteiger partial charge in [-0.3, -0.25) is 0 Å². The minimum Gasteiger partial charge on any atom is -0.396 e. The fourth-order valence-corrected chi connectivity index (χ4v) is 1.26. The summed E-state index contributed by atoms with van der Waals surface area (Å²) in [5, 5.41) is 9.49. The third kappa shape index (κ3) is 1.70. The van der Waals surface area contributed by atoms with Gasteiger partial charge in [0.1, 0.15) is 11.6 Å².